The molecule has 1 N–H and O–H groups in total. The molecule has 1 amide bonds. The van der Waals surface area contributed by atoms with E-state index in [4.69, 9.17) is 0 Å². The molecule has 1 aliphatic rings. The van der Waals surface area contributed by atoms with Crippen molar-refractivity contribution in [1.82, 2.24) is 25.5 Å². The van der Waals surface area contributed by atoms with Gasteiger partial charge in [-0.3, -0.25) is 4.79 Å². The average molecular weight is 347 g/mol. The van der Waals surface area contributed by atoms with Gasteiger partial charge in [0.2, 0.25) is 5.91 Å². The molecule has 1 heterocycles. The number of carbonyl (C=O) groups is 1. The summed E-state index contributed by atoms with van der Waals surface area (Å²) >= 11 is 0. The highest BCUT2D eigenvalue weighted by Gasteiger charge is 2.27. The van der Waals surface area contributed by atoms with Gasteiger partial charge in [-0.05, 0) is 46.4 Å². The minimum Gasteiger partial charge on any atom is -0.347 e. The number of hydrogen-bond donors (Lipinski definition) is 1. The summed E-state index contributed by atoms with van der Waals surface area (Å²) in [6.45, 7) is 0. The average Bonchev–Trinajstić information content (AvgIpc) is 3.21. The molecule has 0 saturated carbocycles. The van der Waals surface area contributed by atoms with Crippen LogP contribution in [-0.4, -0.2) is 26.1 Å². The van der Waals surface area contributed by atoms with E-state index in [2.05, 4.69) is 39.0 Å². The van der Waals surface area contributed by atoms with Crippen LogP contribution in [0.25, 0.3) is 0 Å². The number of carbonyl (C=O) groups excluding carboxylic acids is 1. The van der Waals surface area contributed by atoms with Gasteiger partial charge in [-0.2, -0.15) is 0 Å². The van der Waals surface area contributed by atoms with Gasteiger partial charge in [0, 0.05) is 6.42 Å². The van der Waals surface area contributed by atoms with Gasteiger partial charge >= 0.3 is 0 Å². The second-order valence-electron chi connectivity index (χ2n) is 6.65. The quantitative estimate of drug-likeness (QED) is 0.770. The lowest BCUT2D eigenvalue weighted by Gasteiger charge is -2.28. The Hall–Kier alpha value is -3.02. The fraction of sp³-hybridized carbons (Fsp3) is 0.300. The van der Waals surface area contributed by atoms with E-state index in [1.54, 1.807) is 0 Å². The number of hydrogen-bond acceptors (Lipinski definition) is 4. The Labute approximate surface area is 152 Å². The van der Waals surface area contributed by atoms with Crippen molar-refractivity contribution in [3.63, 3.8) is 0 Å². The lowest BCUT2D eigenvalue weighted by molar-refractivity contribution is -0.125. The normalized spacial score (nSPS) is 17.3. The molecule has 6 heteroatoms. The van der Waals surface area contributed by atoms with Gasteiger partial charge in [0.05, 0.1) is 6.04 Å². The monoisotopic (exact) mass is 347 g/mol. The largest absolute Gasteiger partial charge is 0.347 e. The number of benzene rings is 2. The van der Waals surface area contributed by atoms with Gasteiger partial charge in [0.1, 0.15) is 12.4 Å². The highest BCUT2D eigenvalue weighted by atomic mass is 16.2. The van der Waals surface area contributed by atoms with E-state index in [1.807, 2.05) is 36.4 Å². The molecular formula is C20H21N5O. The summed E-state index contributed by atoms with van der Waals surface area (Å²) < 4.78 is 1.54. The molecule has 1 aromatic heterocycles. The molecule has 0 saturated heterocycles. The number of tetrazole rings is 1. The van der Waals surface area contributed by atoms with Crippen molar-refractivity contribution in [3.05, 3.63) is 77.6 Å². The maximum absolute atomic E-state index is 13.1. The molecule has 3 aromatic rings. The third kappa shape index (κ3) is 3.49. The van der Waals surface area contributed by atoms with Crippen LogP contribution >= 0.6 is 0 Å². The number of amides is 1. The van der Waals surface area contributed by atoms with Crippen LogP contribution in [0.2, 0.25) is 0 Å². The Morgan fingerprint density at radius 2 is 1.96 bits per heavy atom. The smallest absolute Gasteiger partial charge is 0.245 e. The predicted octanol–water partition coefficient (Wildman–Crippen LogP) is 2.65. The summed E-state index contributed by atoms with van der Waals surface area (Å²) in [5.41, 5.74) is 3.63. The third-order valence-electron chi connectivity index (χ3n) is 4.94. The maximum atomic E-state index is 13.1. The first-order valence-corrected chi connectivity index (χ1v) is 8.96. The van der Waals surface area contributed by atoms with Crippen LogP contribution in [0, 0.1) is 0 Å². The molecular weight excluding hydrogens is 326 g/mol. The van der Waals surface area contributed by atoms with Gasteiger partial charge in [-0.25, -0.2) is 4.68 Å². The van der Waals surface area contributed by atoms with E-state index in [1.165, 1.54) is 22.1 Å². The molecule has 0 spiro atoms. The van der Waals surface area contributed by atoms with Gasteiger partial charge in [0.25, 0.3) is 0 Å². The molecule has 6 nitrogen and oxygen atoms in total. The minimum atomic E-state index is -0.471. The molecule has 0 bridgehead atoms. The Morgan fingerprint density at radius 3 is 2.77 bits per heavy atom. The minimum absolute atomic E-state index is 0.0437. The van der Waals surface area contributed by atoms with Crippen molar-refractivity contribution >= 4 is 5.91 Å². The van der Waals surface area contributed by atoms with Crippen molar-refractivity contribution in [2.24, 2.45) is 0 Å². The van der Waals surface area contributed by atoms with E-state index >= 15 is 0 Å². The summed E-state index contributed by atoms with van der Waals surface area (Å²) in [4.78, 5) is 13.1. The van der Waals surface area contributed by atoms with Crippen LogP contribution in [0.5, 0.6) is 0 Å². The lowest BCUT2D eigenvalue weighted by Crippen LogP contribution is -2.38. The number of rotatable bonds is 5. The zero-order valence-electron chi connectivity index (χ0n) is 14.5. The summed E-state index contributed by atoms with van der Waals surface area (Å²) in [5.74, 6) is -0.0529. The Balaban J connectivity index is 1.56. The van der Waals surface area contributed by atoms with Crippen LogP contribution in [0.4, 0.5) is 0 Å². The van der Waals surface area contributed by atoms with Gasteiger partial charge in [-0.1, -0.05) is 54.6 Å². The van der Waals surface area contributed by atoms with Crippen LogP contribution in [0.3, 0.4) is 0 Å². The highest BCUT2D eigenvalue weighted by molar-refractivity contribution is 5.81. The second-order valence-corrected chi connectivity index (χ2v) is 6.65. The summed E-state index contributed by atoms with van der Waals surface area (Å²) in [7, 11) is 0. The van der Waals surface area contributed by atoms with Crippen LogP contribution in [0.1, 0.15) is 41.6 Å². The van der Waals surface area contributed by atoms with E-state index < -0.39 is 6.04 Å². The standard InChI is InChI=1S/C20H21N5O/c26-20(22-18-12-6-10-16-9-4-5-11-17(16)18)19(25-14-21-23-24-25)13-15-7-2-1-3-8-15/h1-5,7-9,11,14,18-19H,6,10,12-13H2,(H,22,26)/t18-,19-/m0/s1. The summed E-state index contributed by atoms with van der Waals surface area (Å²) in [6, 6.07) is 17.9. The van der Waals surface area contributed by atoms with Gasteiger partial charge in [0.15, 0.2) is 0 Å². The molecule has 0 aliphatic heterocycles. The van der Waals surface area contributed by atoms with Crippen LogP contribution in [-0.2, 0) is 17.6 Å². The number of nitrogens with one attached hydrogen (secondary N) is 1. The first-order valence-electron chi connectivity index (χ1n) is 8.96. The van der Waals surface area contributed by atoms with Crippen molar-refractivity contribution in [3.8, 4) is 0 Å². The number of nitrogens with zero attached hydrogens (tertiary/aromatic N) is 4. The van der Waals surface area contributed by atoms with E-state index in [9.17, 15) is 4.79 Å². The summed E-state index contributed by atoms with van der Waals surface area (Å²) in [5, 5.41) is 14.6. The number of aryl methyl sites for hydroxylation is 1. The van der Waals surface area contributed by atoms with Crippen LogP contribution < -0.4 is 5.32 Å². The van der Waals surface area contributed by atoms with Crippen molar-refractivity contribution in [2.45, 2.75) is 37.8 Å². The Morgan fingerprint density at radius 1 is 1.15 bits per heavy atom. The van der Waals surface area contributed by atoms with E-state index in [-0.39, 0.29) is 11.9 Å². The van der Waals surface area contributed by atoms with Crippen LogP contribution in [0.15, 0.2) is 60.9 Å². The molecule has 2 aromatic carbocycles. The van der Waals surface area contributed by atoms with Gasteiger partial charge < -0.3 is 5.32 Å². The van der Waals surface area contributed by atoms with Crippen molar-refractivity contribution < 1.29 is 4.79 Å². The molecule has 132 valence electrons. The first kappa shape index (κ1) is 16.4. The van der Waals surface area contributed by atoms with E-state index in [0.29, 0.717) is 6.42 Å². The fourth-order valence-corrected chi connectivity index (χ4v) is 3.63. The highest BCUT2D eigenvalue weighted by Crippen LogP contribution is 2.30. The summed E-state index contributed by atoms with van der Waals surface area (Å²) in [6.07, 6.45) is 5.16. The predicted molar refractivity (Wildman–Crippen MR) is 97.3 cm³/mol. The van der Waals surface area contributed by atoms with Crippen molar-refractivity contribution in [2.75, 3.05) is 0 Å². The maximum Gasteiger partial charge on any atom is 0.245 e. The molecule has 2 atom stereocenters. The van der Waals surface area contributed by atoms with Crippen molar-refractivity contribution in [1.29, 1.82) is 0 Å². The second kappa shape index (κ2) is 7.47. The molecule has 4 rings (SSSR count). The molecule has 0 radical (unpaired) electrons. The zero-order chi connectivity index (χ0) is 17.8. The lowest BCUT2D eigenvalue weighted by atomic mass is 9.87. The molecule has 0 unspecified atom stereocenters. The SMILES string of the molecule is O=C(N[C@H]1CCCc2ccccc21)[C@H](Cc1ccccc1)n1cnnn1. The Kier molecular flexibility index (Phi) is 4.73. The molecule has 1 aliphatic carbocycles. The topological polar surface area (TPSA) is 72.7 Å². The molecule has 0 fully saturated rings. The van der Waals surface area contributed by atoms with E-state index in [0.717, 1.165) is 24.8 Å². The fourth-order valence-electron chi connectivity index (χ4n) is 3.63. The number of aromatic nitrogens is 4. The Bertz CT molecular complexity index is 863. The zero-order valence-corrected chi connectivity index (χ0v) is 14.5. The first-order chi connectivity index (χ1) is 12.8. The molecule has 26 heavy (non-hydrogen) atoms. The third-order valence-corrected chi connectivity index (χ3v) is 4.94. The number of fused-ring (bicyclic) bond motifs is 1. The van der Waals surface area contributed by atoms with Gasteiger partial charge in [-0.15, -0.1) is 5.10 Å².